The third-order valence-corrected chi connectivity index (χ3v) is 3.02. The maximum Gasteiger partial charge on any atom is 0.239 e. The predicted molar refractivity (Wildman–Crippen MR) is 57.9 cm³/mol. The number of hydrogen-bond donors (Lipinski definition) is 0. The van der Waals surface area contributed by atoms with Crippen molar-refractivity contribution in [3.8, 4) is 0 Å². The molecule has 0 fully saturated rings. The number of fused-ring (bicyclic) bond motifs is 1. The molecule has 1 aliphatic heterocycles. The molecule has 1 heterocycles. The Morgan fingerprint density at radius 2 is 2.07 bits per heavy atom. The predicted octanol–water partition coefficient (Wildman–Crippen LogP) is 1.69. The lowest BCUT2D eigenvalue weighted by atomic mass is 9.84. The van der Waals surface area contributed by atoms with Gasteiger partial charge >= 0.3 is 0 Å². The summed E-state index contributed by atoms with van der Waals surface area (Å²) in [6.45, 7) is 1.76. The number of carbonyl (C=O) groups excluding carboxylic acids is 1. The Kier molecular flexibility index (Phi) is 2.07. The second-order valence-corrected chi connectivity index (χ2v) is 4.00. The van der Waals surface area contributed by atoms with Crippen molar-refractivity contribution in [3.63, 3.8) is 0 Å². The fourth-order valence-electron chi connectivity index (χ4n) is 2.11. The minimum absolute atomic E-state index is 0.00676. The Labute approximate surface area is 87.9 Å². The highest BCUT2D eigenvalue weighted by Gasteiger charge is 2.46. The van der Waals surface area contributed by atoms with Crippen molar-refractivity contribution in [2.24, 2.45) is 5.18 Å². The average Bonchev–Trinajstić information content (AvgIpc) is 2.43. The molecule has 0 radical (unpaired) electrons. The molecule has 0 spiro atoms. The molecule has 1 aliphatic rings. The second-order valence-electron chi connectivity index (χ2n) is 4.00. The van der Waals surface area contributed by atoms with Crippen LogP contribution in [-0.2, 0) is 10.2 Å². The van der Waals surface area contributed by atoms with Crippen molar-refractivity contribution < 1.29 is 4.79 Å². The summed E-state index contributed by atoms with van der Waals surface area (Å²) >= 11 is 0. The summed E-state index contributed by atoms with van der Waals surface area (Å²) in [5.41, 5.74) is 0.971. The molecule has 1 atom stereocenters. The average molecular weight is 204 g/mol. The molecule has 1 aromatic carbocycles. The number of carbonyl (C=O) groups is 1. The first-order valence-corrected chi connectivity index (χ1v) is 4.78. The molecule has 78 valence electrons. The summed E-state index contributed by atoms with van der Waals surface area (Å²) in [7, 11) is 1.72. The quantitative estimate of drug-likeness (QED) is 0.688. The van der Waals surface area contributed by atoms with Crippen molar-refractivity contribution in [2.75, 3.05) is 18.5 Å². The monoisotopic (exact) mass is 204 g/mol. The summed E-state index contributed by atoms with van der Waals surface area (Å²) in [5, 5.41) is 2.88. The lowest BCUT2D eigenvalue weighted by Crippen LogP contribution is -2.38. The first-order valence-electron chi connectivity index (χ1n) is 4.78. The maximum absolute atomic E-state index is 12.0. The van der Waals surface area contributed by atoms with E-state index in [-0.39, 0.29) is 12.5 Å². The van der Waals surface area contributed by atoms with Gasteiger partial charge in [-0.3, -0.25) is 4.79 Å². The number of anilines is 1. The molecular weight excluding hydrogens is 192 g/mol. The van der Waals surface area contributed by atoms with Gasteiger partial charge in [-0.2, -0.15) is 4.91 Å². The van der Waals surface area contributed by atoms with E-state index >= 15 is 0 Å². The van der Waals surface area contributed by atoms with Crippen LogP contribution in [0.2, 0.25) is 0 Å². The number of rotatable bonds is 2. The van der Waals surface area contributed by atoms with E-state index in [1.165, 1.54) is 0 Å². The van der Waals surface area contributed by atoms with Crippen LogP contribution in [0, 0.1) is 4.91 Å². The highest BCUT2D eigenvalue weighted by atomic mass is 16.3. The van der Waals surface area contributed by atoms with Crippen LogP contribution in [0.1, 0.15) is 12.5 Å². The molecule has 1 amide bonds. The zero-order chi connectivity index (χ0) is 11.1. The first-order chi connectivity index (χ1) is 7.11. The molecule has 4 nitrogen and oxygen atoms in total. The van der Waals surface area contributed by atoms with Gasteiger partial charge in [-0.1, -0.05) is 23.4 Å². The van der Waals surface area contributed by atoms with Crippen LogP contribution in [0.15, 0.2) is 29.4 Å². The highest BCUT2D eigenvalue weighted by molar-refractivity contribution is 6.07. The normalized spacial score (nSPS) is 24.1. The largest absolute Gasteiger partial charge is 0.314 e. The molecule has 0 N–H and O–H groups in total. The Morgan fingerprint density at radius 1 is 1.40 bits per heavy atom. The standard InChI is InChI=1S/C11H12N2O2/c1-11(7-12-15)8-5-3-4-6-9(8)13(2)10(11)14/h3-6H,7H2,1-2H3. The van der Waals surface area contributed by atoms with E-state index in [1.54, 1.807) is 18.9 Å². The SMILES string of the molecule is CN1C(=O)C(C)(CN=O)c2ccccc21. The Hall–Kier alpha value is -1.71. The van der Waals surface area contributed by atoms with E-state index in [1.807, 2.05) is 24.3 Å². The van der Waals surface area contributed by atoms with Crippen LogP contribution < -0.4 is 4.90 Å². The second kappa shape index (κ2) is 3.15. The van der Waals surface area contributed by atoms with E-state index in [2.05, 4.69) is 5.18 Å². The van der Waals surface area contributed by atoms with Crippen molar-refractivity contribution in [1.29, 1.82) is 0 Å². The minimum atomic E-state index is -0.785. The van der Waals surface area contributed by atoms with E-state index < -0.39 is 5.41 Å². The van der Waals surface area contributed by atoms with Crippen LogP contribution in [0.4, 0.5) is 5.69 Å². The van der Waals surface area contributed by atoms with Crippen LogP contribution in [-0.4, -0.2) is 19.5 Å². The number of nitrogens with zero attached hydrogens (tertiary/aromatic N) is 2. The van der Waals surface area contributed by atoms with Gasteiger partial charge in [0.2, 0.25) is 5.91 Å². The van der Waals surface area contributed by atoms with Gasteiger partial charge in [-0.05, 0) is 18.6 Å². The molecule has 2 rings (SSSR count). The number of nitroso groups, excluding NO2 is 1. The first kappa shape index (κ1) is 9.83. The number of para-hydroxylation sites is 1. The van der Waals surface area contributed by atoms with Crippen LogP contribution in [0.25, 0.3) is 0 Å². The summed E-state index contributed by atoms with van der Waals surface area (Å²) in [6.07, 6.45) is 0. The summed E-state index contributed by atoms with van der Waals surface area (Å²) in [5.74, 6) is -0.0664. The van der Waals surface area contributed by atoms with Crippen LogP contribution in [0.3, 0.4) is 0 Å². The van der Waals surface area contributed by atoms with E-state index in [0.717, 1.165) is 11.3 Å². The summed E-state index contributed by atoms with van der Waals surface area (Å²) in [4.78, 5) is 24.0. The number of likely N-dealkylation sites (N-methyl/N-ethyl adjacent to an activating group) is 1. The van der Waals surface area contributed by atoms with Crippen LogP contribution >= 0.6 is 0 Å². The highest BCUT2D eigenvalue weighted by Crippen LogP contribution is 2.40. The number of hydrogen-bond acceptors (Lipinski definition) is 3. The smallest absolute Gasteiger partial charge is 0.239 e. The van der Waals surface area contributed by atoms with Gasteiger partial charge in [0, 0.05) is 12.7 Å². The van der Waals surface area contributed by atoms with Gasteiger partial charge in [0.1, 0.15) is 0 Å². The van der Waals surface area contributed by atoms with Crippen LogP contribution in [0.5, 0.6) is 0 Å². The minimum Gasteiger partial charge on any atom is -0.314 e. The van der Waals surface area contributed by atoms with Gasteiger partial charge in [-0.25, -0.2) is 0 Å². The zero-order valence-corrected chi connectivity index (χ0v) is 8.73. The van der Waals surface area contributed by atoms with Crippen molar-refractivity contribution in [1.82, 2.24) is 0 Å². The molecule has 1 aromatic rings. The number of amides is 1. The fourth-order valence-corrected chi connectivity index (χ4v) is 2.11. The fraction of sp³-hybridized carbons (Fsp3) is 0.364. The lowest BCUT2D eigenvalue weighted by Gasteiger charge is -2.18. The molecule has 0 aromatic heterocycles. The van der Waals surface area contributed by atoms with Crippen molar-refractivity contribution >= 4 is 11.6 Å². The third-order valence-electron chi connectivity index (χ3n) is 3.02. The van der Waals surface area contributed by atoms with Crippen molar-refractivity contribution in [3.05, 3.63) is 34.7 Å². The third kappa shape index (κ3) is 1.17. The van der Waals surface area contributed by atoms with Gasteiger partial charge in [0.05, 0.1) is 12.0 Å². The molecule has 0 saturated carbocycles. The van der Waals surface area contributed by atoms with E-state index in [4.69, 9.17) is 0 Å². The Morgan fingerprint density at radius 3 is 2.73 bits per heavy atom. The summed E-state index contributed by atoms with van der Waals surface area (Å²) < 4.78 is 0. The topological polar surface area (TPSA) is 49.7 Å². The molecule has 0 saturated heterocycles. The van der Waals surface area contributed by atoms with Gasteiger partial charge in [-0.15, -0.1) is 0 Å². The van der Waals surface area contributed by atoms with Crippen molar-refractivity contribution in [2.45, 2.75) is 12.3 Å². The molecular formula is C11H12N2O2. The van der Waals surface area contributed by atoms with E-state index in [9.17, 15) is 9.70 Å². The molecule has 4 heteroatoms. The zero-order valence-electron chi connectivity index (χ0n) is 8.73. The molecule has 0 aliphatic carbocycles. The molecule has 0 bridgehead atoms. The van der Waals surface area contributed by atoms with Gasteiger partial charge in [0.25, 0.3) is 0 Å². The van der Waals surface area contributed by atoms with Gasteiger partial charge in [0.15, 0.2) is 0 Å². The lowest BCUT2D eigenvalue weighted by molar-refractivity contribution is -0.122. The van der Waals surface area contributed by atoms with E-state index in [0.29, 0.717) is 0 Å². The Bertz CT molecular complexity index is 430. The van der Waals surface area contributed by atoms with Gasteiger partial charge < -0.3 is 4.90 Å². The maximum atomic E-state index is 12.0. The summed E-state index contributed by atoms with van der Waals surface area (Å²) in [6, 6.07) is 7.50. The Balaban J connectivity index is 2.60. The number of benzene rings is 1. The molecule has 15 heavy (non-hydrogen) atoms. The molecule has 1 unspecified atom stereocenters.